The van der Waals surface area contributed by atoms with E-state index in [0.717, 1.165) is 25.9 Å². The highest BCUT2D eigenvalue weighted by molar-refractivity contribution is 5.88. The molecule has 0 bridgehead atoms. The molecular weight excluding hydrogens is 126 g/mol. The first-order valence-corrected chi connectivity index (χ1v) is 3.81. The number of Topliss-reactive ketones (excluding diaryl/α,β-unsaturated/α-hetero) is 1. The number of nitrogens with zero attached hydrogens (tertiary/aromatic N) is 1. The van der Waals surface area contributed by atoms with Crippen LogP contribution in [-0.4, -0.2) is 29.8 Å². The van der Waals surface area contributed by atoms with E-state index in [1.54, 1.807) is 0 Å². The Morgan fingerprint density at radius 1 is 1.50 bits per heavy atom. The smallest absolute Gasteiger partial charge is 0.155 e. The van der Waals surface area contributed by atoms with Crippen LogP contribution in [0.1, 0.15) is 12.8 Å². The molecule has 1 fully saturated rings. The Kier molecular flexibility index (Phi) is 1.34. The highest BCUT2D eigenvalue weighted by Gasteiger charge is 2.30. The summed E-state index contributed by atoms with van der Waals surface area (Å²) in [6.07, 6.45) is 6.03. The van der Waals surface area contributed by atoms with Crippen molar-refractivity contribution in [3.63, 3.8) is 0 Å². The molecule has 0 amide bonds. The number of ketones is 1. The van der Waals surface area contributed by atoms with Crippen LogP contribution >= 0.6 is 0 Å². The molecule has 2 nitrogen and oxygen atoms in total. The topological polar surface area (TPSA) is 20.3 Å². The average molecular weight is 137 g/mol. The quantitative estimate of drug-likeness (QED) is 0.455. The fraction of sp³-hybridized carbons (Fsp3) is 0.625. The number of rotatable bonds is 0. The summed E-state index contributed by atoms with van der Waals surface area (Å²) < 4.78 is 0. The van der Waals surface area contributed by atoms with Crippen LogP contribution in [0.5, 0.6) is 0 Å². The highest BCUT2D eigenvalue weighted by atomic mass is 16.1. The number of fused-ring (bicyclic) bond motifs is 1. The lowest BCUT2D eigenvalue weighted by atomic mass is 10.1. The predicted molar refractivity (Wildman–Crippen MR) is 38.7 cm³/mol. The molecule has 54 valence electrons. The normalized spacial score (nSPS) is 32.8. The molecule has 2 aliphatic heterocycles. The predicted octanol–water partition coefficient (Wildman–Crippen LogP) is 0.590. The van der Waals surface area contributed by atoms with E-state index in [1.165, 1.54) is 0 Å². The van der Waals surface area contributed by atoms with Crippen LogP contribution in [0.4, 0.5) is 0 Å². The maximum atomic E-state index is 11.1. The van der Waals surface area contributed by atoms with Crippen LogP contribution < -0.4 is 0 Å². The van der Waals surface area contributed by atoms with Gasteiger partial charge in [-0.15, -0.1) is 0 Å². The monoisotopic (exact) mass is 137 g/mol. The van der Waals surface area contributed by atoms with E-state index >= 15 is 0 Å². The van der Waals surface area contributed by atoms with Crippen molar-refractivity contribution in [3.8, 4) is 0 Å². The lowest BCUT2D eigenvalue weighted by Gasteiger charge is -2.22. The Hall–Kier alpha value is -0.630. The van der Waals surface area contributed by atoms with Crippen LogP contribution in [0.25, 0.3) is 0 Å². The summed E-state index contributed by atoms with van der Waals surface area (Å²) in [5.41, 5.74) is 0. The van der Waals surface area contributed by atoms with Crippen molar-refractivity contribution < 1.29 is 4.79 Å². The van der Waals surface area contributed by atoms with Gasteiger partial charge in [-0.3, -0.25) is 9.69 Å². The van der Waals surface area contributed by atoms with Gasteiger partial charge < -0.3 is 0 Å². The van der Waals surface area contributed by atoms with Gasteiger partial charge in [-0.25, -0.2) is 0 Å². The van der Waals surface area contributed by atoms with E-state index in [0.29, 0.717) is 5.78 Å². The van der Waals surface area contributed by atoms with Crippen LogP contribution in [0.3, 0.4) is 0 Å². The molecule has 0 N–H and O–H groups in total. The Balaban J connectivity index is 2.21. The van der Waals surface area contributed by atoms with Gasteiger partial charge in [0.25, 0.3) is 0 Å². The lowest BCUT2D eigenvalue weighted by Crippen LogP contribution is -2.34. The Morgan fingerprint density at radius 3 is 3.20 bits per heavy atom. The summed E-state index contributed by atoms with van der Waals surface area (Å²) in [5.74, 6) is 0.399. The van der Waals surface area contributed by atoms with Crippen molar-refractivity contribution >= 4 is 5.78 Å². The third-order valence-corrected chi connectivity index (χ3v) is 2.27. The summed E-state index contributed by atoms with van der Waals surface area (Å²) in [7, 11) is 0. The molecular formula is C8H11NO. The second kappa shape index (κ2) is 2.20. The SMILES string of the molecule is O=C1CCN2CCC=CC12. The summed E-state index contributed by atoms with van der Waals surface area (Å²) in [5, 5.41) is 0. The molecule has 2 heteroatoms. The Labute approximate surface area is 60.5 Å². The zero-order chi connectivity index (χ0) is 6.97. The minimum absolute atomic E-state index is 0.147. The van der Waals surface area contributed by atoms with Gasteiger partial charge in [-0.05, 0) is 6.42 Å². The van der Waals surface area contributed by atoms with Gasteiger partial charge in [0, 0.05) is 19.5 Å². The van der Waals surface area contributed by atoms with Crippen molar-refractivity contribution in [2.24, 2.45) is 0 Å². The van der Waals surface area contributed by atoms with Gasteiger partial charge in [0.1, 0.15) is 0 Å². The van der Waals surface area contributed by atoms with E-state index < -0.39 is 0 Å². The van der Waals surface area contributed by atoms with Gasteiger partial charge >= 0.3 is 0 Å². The number of carbonyl (C=O) groups excluding carboxylic acids is 1. The van der Waals surface area contributed by atoms with E-state index in [1.807, 2.05) is 6.08 Å². The molecule has 0 spiro atoms. The first-order valence-electron chi connectivity index (χ1n) is 3.81. The molecule has 0 aromatic rings. The van der Waals surface area contributed by atoms with E-state index in [9.17, 15) is 4.79 Å². The molecule has 0 saturated carbocycles. The lowest BCUT2D eigenvalue weighted by molar-refractivity contribution is -0.118. The zero-order valence-electron chi connectivity index (χ0n) is 5.92. The fourth-order valence-electron chi connectivity index (χ4n) is 1.69. The fourth-order valence-corrected chi connectivity index (χ4v) is 1.69. The van der Waals surface area contributed by atoms with Gasteiger partial charge in [0.15, 0.2) is 5.78 Å². The molecule has 0 aromatic carbocycles. The molecule has 2 aliphatic rings. The molecule has 2 rings (SSSR count). The van der Waals surface area contributed by atoms with E-state index in [-0.39, 0.29) is 6.04 Å². The van der Waals surface area contributed by atoms with Crippen LogP contribution in [0, 0.1) is 0 Å². The number of carbonyl (C=O) groups is 1. The summed E-state index contributed by atoms with van der Waals surface area (Å²) >= 11 is 0. The molecule has 0 aliphatic carbocycles. The third-order valence-electron chi connectivity index (χ3n) is 2.27. The third kappa shape index (κ3) is 0.797. The molecule has 1 atom stereocenters. The Morgan fingerprint density at radius 2 is 2.40 bits per heavy atom. The average Bonchev–Trinajstić information content (AvgIpc) is 2.34. The van der Waals surface area contributed by atoms with Crippen molar-refractivity contribution in [2.75, 3.05) is 13.1 Å². The van der Waals surface area contributed by atoms with Crippen LogP contribution in [0.2, 0.25) is 0 Å². The minimum atomic E-state index is 0.147. The first-order chi connectivity index (χ1) is 4.88. The largest absolute Gasteiger partial charge is 0.298 e. The van der Waals surface area contributed by atoms with Crippen molar-refractivity contribution in [1.29, 1.82) is 0 Å². The standard InChI is InChI=1S/C8H11NO/c10-8-4-6-9-5-2-1-3-7(8)9/h1,3,7H,2,4-6H2. The summed E-state index contributed by atoms with van der Waals surface area (Å²) in [6.45, 7) is 2.06. The zero-order valence-corrected chi connectivity index (χ0v) is 5.92. The maximum absolute atomic E-state index is 11.1. The van der Waals surface area contributed by atoms with Crippen molar-refractivity contribution in [3.05, 3.63) is 12.2 Å². The van der Waals surface area contributed by atoms with Gasteiger partial charge in [-0.2, -0.15) is 0 Å². The molecule has 0 aromatic heterocycles. The van der Waals surface area contributed by atoms with Crippen LogP contribution in [0.15, 0.2) is 12.2 Å². The van der Waals surface area contributed by atoms with Crippen molar-refractivity contribution in [2.45, 2.75) is 18.9 Å². The second-order valence-electron chi connectivity index (χ2n) is 2.91. The molecule has 10 heavy (non-hydrogen) atoms. The van der Waals surface area contributed by atoms with Gasteiger partial charge in [-0.1, -0.05) is 12.2 Å². The molecule has 2 heterocycles. The molecule has 1 saturated heterocycles. The molecule has 0 radical (unpaired) electrons. The summed E-state index contributed by atoms with van der Waals surface area (Å²) in [6, 6.07) is 0.147. The maximum Gasteiger partial charge on any atom is 0.155 e. The van der Waals surface area contributed by atoms with Gasteiger partial charge in [0.2, 0.25) is 0 Å². The number of hydrogen-bond acceptors (Lipinski definition) is 2. The van der Waals surface area contributed by atoms with Gasteiger partial charge in [0.05, 0.1) is 6.04 Å². The number of hydrogen-bond donors (Lipinski definition) is 0. The van der Waals surface area contributed by atoms with Crippen molar-refractivity contribution in [1.82, 2.24) is 4.90 Å². The first kappa shape index (κ1) is 6.10. The molecule has 1 unspecified atom stereocenters. The van der Waals surface area contributed by atoms with E-state index in [2.05, 4.69) is 11.0 Å². The van der Waals surface area contributed by atoms with E-state index in [4.69, 9.17) is 0 Å². The minimum Gasteiger partial charge on any atom is -0.298 e. The van der Waals surface area contributed by atoms with Crippen LogP contribution in [-0.2, 0) is 4.79 Å². The highest BCUT2D eigenvalue weighted by Crippen LogP contribution is 2.18. The second-order valence-corrected chi connectivity index (χ2v) is 2.91. The Bertz CT molecular complexity index is 184. The summed E-state index contributed by atoms with van der Waals surface area (Å²) in [4.78, 5) is 13.4.